The summed E-state index contributed by atoms with van der Waals surface area (Å²) in [6, 6.07) is 13.6. The Morgan fingerprint density at radius 3 is 2.68 bits per heavy atom. The molecule has 5 nitrogen and oxygen atoms in total. The fourth-order valence-corrected chi connectivity index (χ4v) is 2.99. The third kappa shape index (κ3) is 5.63. The van der Waals surface area contributed by atoms with Crippen molar-refractivity contribution < 1.29 is 13.9 Å². The van der Waals surface area contributed by atoms with Gasteiger partial charge in [0.05, 0.1) is 12.6 Å². The van der Waals surface area contributed by atoms with Crippen LogP contribution in [-0.2, 0) is 4.74 Å². The summed E-state index contributed by atoms with van der Waals surface area (Å²) in [4.78, 5) is 17.0. The Hall–Kier alpha value is -2.73. The molecule has 1 unspecified atom stereocenters. The smallest absolute Gasteiger partial charge is 0.258 e. The molecule has 3 rings (SSSR count). The monoisotopic (exact) mass is 383 g/mol. The fraction of sp³-hybridized carbons (Fsp3) is 0.364. The van der Waals surface area contributed by atoms with Gasteiger partial charge in [0.1, 0.15) is 5.82 Å². The number of hydrogen-bond donors (Lipinski definition) is 2. The maximum atomic E-state index is 13.4. The molecule has 1 atom stereocenters. The van der Waals surface area contributed by atoms with Crippen molar-refractivity contribution in [1.82, 2.24) is 5.32 Å². The van der Waals surface area contributed by atoms with Crippen molar-refractivity contribution in [2.24, 2.45) is 4.99 Å². The molecule has 2 N–H and O–H groups in total. The zero-order valence-corrected chi connectivity index (χ0v) is 16.2. The predicted molar refractivity (Wildman–Crippen MR) is 109 cm³/mol. The number of nitrogens with zero attached hydrogens (tertiary/aromatic N) is 1. The number of rotatable bonds is 5. The largest absolute Gasteiger partial charge is 0.376 e. The van der Waals surface area contributed by atoms with E-state index in [1.165, 1.54) is 23.8 Å². The number of amides is 1. The van der Waals surface area contributed by atoms with Gasteiger partial charge in [0, 0.05) is 17.9 Å². The Morgan fingerprint density at radius 2 is 2.04 bits per heavy atom. The van der Waals surface area contributed by atoms with Crippen molar-refractivity contribution in [2.45, 2.75) is 38.7 Å². The van der Waals surface area contributed by atoms with Gasteiger partial charge in [0.2, 0.25) is 5.96 Å². The summed E-state index contributed by atoms with van der Waals surface area (Å²) in [5, 5.41) is 5.90. The number of nitrogens with one attached hydrogen (secondary N) is 2. The molecule has 1 amide bonds. The summed E-state index contributed by atoms with van der Waals surface area (Å²) in [6.45, 7) is 5.47. The van der Waals surface area contributed by atoms with Crippen molar-refractivity contribution in [3.63, 3.8) is 0 Å². The highest BCUT2D eigenvalue weighted by Gasteiger charge is 2.16. The van der Waals surface area contributed by atoms with Crippen LogP contribution in [0.2, 0.25) is 0 Å². The number of carbonyl (C=O) groups excluding carboxylic acids is 1. The highest BCUT2D eigenvalue weighted by atomic mass is 19.1. The van der Waals surface area contributed by atoms with Gasteiger partial charge in [-0.3, -0.25) is 10.1 Å². The Kier molecular flexibility index (Phi) is 6.76. The normalized spacial score (nSPS) is 17.0. The molecule has 0 radical (unpaired) electrons. The second-order valence-corrected chi connectivity index (χ2v) is 7.19. The Labute approximate surface area is 165 Å². The van der Waals surface area contributed by atoms with Gasteiger partial charge in [-0.1, -0.05) is 32.0 Å². The zero-order chi connectivity index (χ0) is 19.9. The molecule has 0 aliphatic carbocycles. The topological polar surface area (TPSA) is 62.7 Å². The summed E-state index contributed by atoms with van der Waals surface area (Å²) in [5.41, 5.74) is 2.28. The maximum Gasteiger partial charge on any atom is 0.258 e. The van der Waals surface area contributed by atoms with Gasteiger partial charge in [-0.15, -0.1) is 0 Å². The first-order chi connectivity index (χ1) is 13.5. The minimum atomic E-state index is -0.456. The number of halogens is 1. The van der Waals surface area contributed by atoms with Gasteiger partial charge in [0.25, 0.3) is 5.91 Å². The Bertz CT molecular complexity index is 828. The fourth-order valence-electron chi connectivity index (χ4n) is 2.99. The summed E-state index contributed by atoms with van der Waals surface area (Å²) in [5.74, 6) is -0.115. The lowest BCUT2D eigenvalue weighted by Gasteiger charge is -2.14. The number of aliphatic imine (C=N–C) groups is 1. The standard InChI is InChI=1S/C22H26FN3O2/c1-15(2)16-8-10-19(11-9-16)25-22(24-14-20-7-4-12-28-20)26-21(27)17-5-3-6-18(23)13-17/h3,5-6,8-11,13,15,20H,4,7,12,14H2,1-2H3,(H2,24,25,26,27). The molecule has 0 aromatic heterocycles. The molecule has 1 aliphatic heterocycles. The summed E-state index contributed by atoms with van der Waals surface area (Å²) in [7, 11) is 0. The number of hydrogen-bond acceptors (Lipinski definition) is 3. The van der Waals surface area contributed by atoms with E-state index in [9.17, 15) is 9.18 Å². The van der Waals surface area contributed by atoms with Crippen LogP contribution in [0.3, 0.4) is 0 Å². The van der Waals surface area contributed by atoms with E-state index in [0.717, 1.165) is 25.1 Å². The molecule has 1 aliphatic rings. The highest BCUT2D eigenvalue weighted by Crippen LogP contribution is 2.17. The van der Waals surface area contributed by atoms with Gasteiger partial charge >= 0.3 is 0 Å². The van der Waals surface area contributed by atoms with Gasteiger partial charge in [-0.2, -0.15) is 0 Å². The number of ether oxygens (including phenoxy) is 1. The molecule has 2 aromatic carbocycles. The van der Waals surface area contributed by atoms with Crippen LogP contribution in [0.15, 0.2) is 53.5 Å². The van der Waals surface area contributed by atoms with Gasteiger partial charge in [-0.05, 0) is 54.7 Å². The first-order valence-corrected chi connectivity index (χ1v) is 9.61. The molecule has 1 saturated heterocycles. The summed E-state index contributed by atoms with van der Waals surface area (Å²) >= 11 is 0. The molecular weight excluding hydrogens is 357 g/mol. The van der Waals surface area contributed by atoms with Crippen molar-refractivity contribution in [3.8, 4) is 0 Å². The third-order valence-electron chi connectivity index (χ3n) is 4.64. The van der Waals surface area contributed by atoms with Crippen LogP contribution in [0.4, 0.5) is 10.1 Å². The van der Waals surface area contributed by atoms with Crippen molar-refractivity contribution in [1.29, 1.82) is 0 Å². The molecule has 2 aromatic rings. The molecule has 0 bridgehead atoms. The number of benzene rings is 2. The number of anilines is 1. The molecule has 0 saturated carbocycles. The average Bonchev–Trinajstić information content (AvgIpc) is 3.20. The molecular formula is C22H26FN3O2. The van der Waals surface area contributed by atoms with E-state index in [2.05, 4.69) is 29.5 Å². The van der Waals surface area contributed by atoms with E-state index >= 15 is 0 Å². The quantitative estimate of drug-likeness (QED) is 0.597. The molecule has 6 heteroatoms. The predicted octanol–water partition coefficient (Wildman–Crippen LogP) is 4.33. The van der Waals surface area contributed by atoms with Crippen LogP contribution < -0.4 is 10.6 Å². The molecule has 0 spiro atoms. The lowest BCUT2D eigenvalue weighted by molar-refractivity contribution is 0.0975. The lowest BCUT2D eigenvalue weighted by atomic mass is 10.0. The van der Waals surface area contributed by atoms with E-state index in [-0.39, 0.29) is 11.7 Å². The van der Waals surface area contributed by atoms with Crippen LogP contribution in [0.25, 0.3) is 0 Å². The first kappa shape index (κ1) is 20.0. The first-order valence-electron chi connectivity index (χ1n) is 9.61. The third-order valence-corrected chi connectivity index (χ3v) is 4.64. The second kappa shape index (κ2) is 9.46. The summed E-state index contributed by atoms with van der Waals surface area (Å²) in [6.07, 6.45) is 2.04. The van der Waals surface area contributed by atoms with Gasteiger partial charge < -0.3 is 10.1 Å². The molecule has 1 heterocycles. The molecule has 148 valence electrons. The lowest BCUT2D eigenvalue weighted by Crippen LogP contribution is -2.36. The maximum absolute atomic E-state index is 13.4. The van der Waals surface area contributed by atoms with Crippen LogP contribution in [-0.4, -0.2) is 31.1 Å². The molecule has 1 fully saturated rings. The van der Waals surface area contributed by atoms with Crippen LogP contribution in [0.5, 0.6) is 0 Å². The minimum Gasteiger partial charge on any atom is -0.376 e. The van der Waals surface area contributed by atoms with E-state index in [4.69, 9.17) is 4.74 Å². The number of carbonyl (C=O) groups is 1. The summed E-state index contributed by atoms with van der Waals surface area (Å²) < 4.78 is 19.0. The van der Waals surface area contributed by atoms with E-state index in [0.29, 0.717) is 18.4 Å². The SMILES string of the molecule is CC(C)c1ccc(NC(=NCC2CCCO2)NC(=O)c2cccc(F)c2)cc1. The van der Waals surface area contributed by atoms with Crippen LogP contribution in [0.1, 0.15) is 48.5 Å². The number of guanidine groups is 1. The van der Waals surface area contributed by atoms with Crippen LogP contribution in [0, 0.1) is 5.82 Å². The van der Waals surface area contributed by atoms with E-state index < -0.39 is 11.7 Å². The highest BCUT2D eigenvalue weighted by molar-refractivity contribution is 6.09. The Morgan fingerprint density at radius 1 is 1.25 bits per heavy atom. The Balaban J connectivity index is 1.74. The van der Waals surface area contributed by atoms with Crippen molar-refractivity contribution in [2.75, 3.05) is 18.5 Å². The van der Waals surface area contributed by atoms with Crippen LogP contribution >= 0.6 is 0 Å². The van der Waals surface area contributed by atoms with E-state index in [1.807, 2.05) is 24.3 Å². The van der Waals surface area contributed by atoms with Gasteiger partial charge in [0.15, 0.2) is 0 Å². The second-order valence-electron chi connectivity index (χ2n) is 7.19. The van der Waals surface area contributed by atoms with Crippen molar-refractivity contribution in [3.05, 3.63) is 65.5 Å². The van der Waals surface area contributed by atoms with Crippen molar-refractivity contribution >= 4 is 17.6 Å². The average molecular weight is 383 g/mol. The minimum absolute atomic E-state index is 0.0613. The molecule has 28 heavy (non-hydrogen) atoms. The van der Waals surface area contributed by atoms with E-state index in [1.54, 1.807) is 6.07 Å². The van der Waals surface area contributed by atoms with Gasteiger partial charge in [-0.25, -0.2) is 9.38 Å². The zero-order valence-electron chi connectivity index (χ0n) is 16.2.